The topological polar surface area (TPSA) is 75.4 Å². The number of hydrogen-bond donors (Lipinski definition) is 2. The van der Waals surface area contributed by atoms with Crippen LogP contribution >= 0.6 is 11.8 Å². The summed E-state index contributed by atoms with van der Waals surface area (Å²) in [5, 5.41) is 2.53. The van der Waals surface area contributed by atoms with Gasteiger partial charge in [0.05, 0.1) is 0 Å². The average molecular weight is 215 g/mol. The van der Waals surface area contributed by atoms with Gasteiger partial charge in [0, 0.05) is 24.9 Å². The molecule has 0 radical (unpaired) electrons. The molecule has 14 heavy (non-hydrogen) atoms. The molecule has 1 unspecified atom stereocenters. The third-order valence-electron chi connectivity index (χ3n) is 2.51. The smallest absolute Gasteiger partial charge is 0.279 e. The summed E-state index contributed by atoms with van der Waals surface area (Å²) >= 11 is 1.16. The molecule has 0 aromatic rings. The maximum Gasteiger partial charge on any atom is 0.279 e. The van der Waals surface area contributed by atoms with Crippen LogP contribution in [0, 0.1) is 0 Å². The van der Waals surface area contributed by atoms with Crippen molar-refractivity contribution in [1.82, 2.24) is 10.2 Å². The molecule has 2 atom stereocenters. The summed E-state index contributed by atoms with van der Waals surface area (Å²) in [5.74, 6) is 0.556. The van der Waals surface area contributed by atoms with Crippen molar-refractivity contribution in [3.63, 3.8) is 0 Å². The molecule has 2 fully saturated rings. The minimum atomic E-state index is -0.335. The predicted octanol–water partition coefficient (Wildman–Crippen LogP) is -0.629. The second-order valence-corrected chi connectivity index (χ2v) is 4.62. The van der Waals surface area contributed by atoms with Crippen molar-refractivity contribution < 1.29 is 9.59 Å². The summed E-state index contributed by atoms with van der Waals surface area (Å²) in [6.45, 7) is 1.34. The van der Waals surface area contributed by atoms with Gasteiger partial charge in [0.1, 0.15) is 6.04 Å². The number of nitrogens with zero attached hydrogens (tertiary/aromatic N) is 1. The second-order valence-electron chi connectivity index (χ2n) is 3.63. The van der Waals surface area contributed by atoms with E-state index in [1.165, 1.54) is 0 Å². The molecule has 2 heterocycles. The first-order chi connectivity index (χ1) is 6.66. The van der Waals surface area contributed by atoms with Crippen molar-refractivity contribution >= 4 is 22.9 Å². The third-order valence-corrected chi connectivity index (χ3v) is 3.39. The summed E-state index contributed by atoms with van der Waals surface area (Å²) in [4.78, 5) is 24.4. The van der Waals surface area contributed by atoms with E-state index in [0.717, 1.165) is 24.7 Å². The van der Waals surface area contributed by atoms with Gasteiger partial charge in [-0.3, -0.25) is 9.59 Å². The maximum absolute atomic E-state index is 11.8. The van der Waals surface area contributed by atoms with Crippen LogP contribution in [0.4, 0.5) is 4.79 Å². The van der Waals surface area contributed by atoms with E-state index in [0.29, 0.717) is 12.3 Å². The average Bonchev–Trinajstić information content (AvgIpc) is 2.73. The molecule has 2 amide bonds. The van der Waals surface area contributed by atoms with Gasteiger partial charge in [-0.1, -0.05) is 11.8 Å². The zero-order chi connectivity index (χ0) is 10.1. The Labute approximate surface area is 86.4 Å². The Morgan fingerprint density at radius 1 is 1.64 bits per heavy atom. The Morgan fingerprint density at radius 2 is 2.43 bits per heavy atom. The molecule has 2 saturated heterocycles. The van der Waals surface area contributed by atoms with E-state index in [1.54, 1.807) is 4.90 Å². The van der Waals surface area contributed by atoms with Crippen LogP contribution in [0.2, 0.25) is 0 Å². The van der Waals surface area contributed by atoms with Crippen molar-refractivity contribution in [2.24, 2.45) is 5.73 Å². The van der Waals surface area contributed by atoms with Crippen LogP contribution in [-0.4, -0.2) is 47.0 Å². The Hall–Kier alpha value is -0.750. The Kier molecular flexibility index (Phi) is 2.64. The lowest BCUT2D eigenvalue weighted by atomic mass is 10.3. The summed E-state index contributed by atoms with van der Waals surface area (Å²) in [5.41, 5.74) is 5.70. The number of nitrogens with one attached hydrogen (secondary N) is 1. The fourth-order valence-corrected chi connectivity index (χ4v) is 2.50. The van der Waals surface area contributed by atoms with Gasteiger partial charge >= 0.3 is 0 Å². The molecule has 78 valence electrons. The van der Waals surface area contributed by atoms with Crippen LogP contribution in [0.3, 0.4) is 0 Å². The molecule has 0 spiro atoms. The number of carbonyl (C=O) groups is 2. The van der Waals surface area contributed by atoms with Crippen LogP contribution in [0.25, 0.3) is 0 Å². The van der Waals surface area contributed by atoms with Gasteiger partial charge in [-0.15, -0.1) is 0 Å². The summed E-state index contributed by atoms with van der Waals surface area (Å²) in [6, 6.07) is -0.235. The van der Waals surface area contributed by atoms with Gasteiger partial charge in [0.15, 0.2) is 0 Å². The lowest BCUT2D eigenvalue weighted by molar-refractivity contribution is -0.131. The number of likely N-dealkylation sites (tertiary alicyclic amines) is 1. The van der Waals surface area contributed by atoms with E-state index in [4.69, 9.17) is 5.73 Å². The van der Waals surface area contributed by atoms with Gasteiger partial charge in [0.2, 0.25) is 5.91 Å². The van der Waals surface area contributed by atoms with Gasteiger partial charge in [0.25, 0.3) is 5.24 Å². The van der Waals surface area contributed by atoms with Crippen molar-refractivity contribution in [3.05, 3.63) is 0 Å². The summed E-state index contributed by atoms with van der Waals surface area (Å²) < 4.78 is 0. The van der Waals surface area contributed by atoms with Crippen molar-refractivity contribution in [2.45, 2.75) is 18.5 Å². The first kappa shape index (κ1) is 9.79. The van der Waals surface area contributed by atoms with E-state index >= 15 is 0 Å². The molecule has 2 aliphatic rings. The summed E-state index contributed by atoms with van der Waals surface area (Å²) in [7, 11) is 0. The van der Waals surface area contributed by atoms with Crippen molar-refractivity contribution in [3.8, 4) is 0 Å². The maximum atomic E-state index is 11.8. The van der Waals surface area contributed by atoms with E-state index in [9.17, 15) is 9.59 Å². The van der Waals surface area contributed by atoms with Gasteiger partial charge in [-0.25, -0.2) is 0 Å². The number of nitrogens with two attached hydrogens (primary N) is 1. The van der Waals surface area contributed by atoms with E-state index in [-0.39, 0.29) is 23.2 Å². The van der Waals surface area contributed by atoms with E-state index in [1.807, 2.05) is 0 Å². The van der Waals surface area contributed by atoms with Crippen LogP contribution in [0.5, 0.6) is 0 Å². The largest absolute Gasteiger partial charge is 0.339 e. The van der Waals surface area contributed by atoms with Crippen LogP contribution in [-0.2, 0) is 4.79 Å². The molecule has 0 bridgehead atoms. The predicted molar refractivity (Wildman–Crippen MR) is 54.0 cm³/mol. The van der Waals surface area contributed by atoms with Gasteiger partial charge in [-0.2, -0.15) is 0 Å². The van der Waals surface area contributed by atoms with Gasteiger partial charge < -0.3 is 16.0 Å². The number of rotatable bonds is 1. The Bertz CT molecular complexity index is 271. The van der Waals surface area contributed by atoms with Gasteiger partial charge in [-0.05, 0) is 6.42 Å². The van der Waals surface area contributed by atoms with Crippen molar-refractivity contribution in [2.75, 3.05) is 18.8 Å². The number of carbonyl (C=O) groups excluding carboxylic acids is 2. The highest BCUT2D eigenvalue weighted by atomic mass is 32.2. The standard InChI is InChI=1S/C8H13N3O2S/c9-5-1-2-11(3-5)7(12)6-4-14-8(13)10-6/h5-6H,1-4,9H2,(H,10,13)/t5-,6?/m1/s1. The number of thioether (sulfide) groups is 1. The minimum Gasteiger partial charge on any atom is -0.339 e. The van der Waals surface area contributed by atoms with Crippen LogP contribution < -0.4 is 11.1 Å². The van der Waals surface area contributed by atoms with E-state index < -0.39 is 0 Å². The lowest BCUT2D eigenvalue weighted by Gasteiger charge is -2.19. The molecule has 0 aromatic carbocycles. The highest BCUT2D eigenvalue weighted by Crippen LogP contribution is 2.17. The quantitative estimate of drug-likeness (QED) is 0.611. The Balaban J connectivity index is 1.92. The van der Waals surface area contributed by atoms with Crippen molar-refractivity contribution in [1.29, 1.82) is 0 Å². The summed E-state index contributed by atoms with van der Waals surface area (Å²) in [6.07, 6.45) is 0.861. The van der Waals surface area contributed by atoms with E-state index in [2.05, 4.69) is 5.32 Å². The van der Waals surface area contributed by atoms with Crippen LogP contribution in [0.1, 0.15) is 6.42 Å². The third kappa shape index (κ3) is 1.85. The fourth-order valence-electron chi connectivity index (χ4n) is 1.73. The number of amides is 2. The second kappa shape index (κ2) is 3.78. The molecular formula is C8H13N3O2S. The highest BCUT2D eigenvalue weighted by Gasteiger charge is 2.33. The normalized spacial score (nSPS) is 32.1. The SMILES string of the molecule is N[C@@H]1CCN(C(=O)C2CSC(=O)N2)C1. The Morgan fingerprint density at radius 3 is 2.93 bits per heavy atom. The highest BCUT2D eigenvalue weighted by molar-refractivity contribution is 8.14. The molecule has 0 saturated carbocycles. The molecule has 0 aliphatic carbocycles. The molecule has 2 aliphatic heterocycles. The first-order valence-corrected chi connectivity index (χ1v) is 5.63. The molecular weight excluding hydrogens is 202 g/mol. The molecule has 0 aromatic heterocycles. The first-order valence-electron chi connectivity index (χ1n) is 4.64. The zero-order valence-corrected chi connectivity index (χ0v) is 8.55. The molecule has 3 N–H and O–H groups in total. The minimum absolute atomic E-state index is 0.0105. The molecule has 5 nitrogen and oxygen atoms in total. The monoisotopic (exact) mass is 215 g/mol. The molecule has 2 rings (SSSR count). The number of hydrogen-bond acceptors (Lipinski definition) is 4. The lowest BCUT2D eigenvalue weighted by Crippen LogP contribution is -2.45. The molecule has 6 heteroatoms. The fraction of sp³-hybridized carbons (Fsp3) is 0.750. The van der Waals surface area contributed by atoms with Crippen LogP contribution in [0.15, 0.2) is 0 Å². The zero-order valence-electron chi connectivity index (χ0n) is 7.73.